The van der Waals surface area contributed by atoms with Gasteiger partial charge in [0.05, 0.1) is 0 Å². The fourth-order valence-electron chi connectivity index (χ4n) is 5.29. The average molecular weight is 507 g/mol. The highest BCUT2D eigenvalue weighted by Crippen LogP contribution is 2.28. The second-order valence-electron chi connectivity index (χ2n) is 10.1. The number of amides is 1. The quantitative estimate of drug-likeness (QED) is 0.231. The molecular weight excluding hydrogens is 466 g/mol. The second-order valence-corrected chi connectivity index (χ2v) is 10.5. The molecule has 0 saturated carbocycles. The van der Waals surface area contributed by atoms with E-state index >= 15 is 0 Å². The van der Waals surface area contributed by atoms with Gasteiger partial charge in [0, 0.05) is 41.2 Å². The molecule has 193 valence electrons. The Balaban J connectivity index is 1.33. The van der Waals surface area contributed by atoms with Gasteiger partial charge in [-0.05, 0) is 80.0 Å². The van der Waals surface area contributed by atoms with Crippen LogP contribution in [0.2, 0.25) is 5.02 Å². The number of hydrogen-bond donors (Lipinski definition) is 2. The molecule has 0 atom stereocenters. The highest BCUT2D eigenvalue weighted by Gasteiger charge is 2.18. The third-order valence-electron chi connectivity index (χ3n) is 7.38. The standard InChI is InChI=1S/C31H41ClN3O/c1-2-3-4-5-6-7-9-12-27-28-23-25(32)15-18-29(28)34-30(27)31(36)33-20-19-24-13-16-26(17-14-24)35-21-10-8-11-22-35/h13-18,23,34H,1-12,19-22H2,(H,33,36). The zero-order valence-corrected chi connectivity index (χ0v) is 22.3. The van der Waals surface area contributed by atoms with E-state index < -0.39 is 0 Å². The van der Waals surface area contributed by atoms with Crippen LogP contribution in [0, 0.1) is 6.92 Å². The Bertz CT molecular complexity index is 1100. The summed E-state index contributed by atoms with van der Waals surface area (Å²) in [6.07, 6.45) is 13.9. The molecule has 4 nitrogen and oxygen atoms in total. The molecule has 0 spiro atoms. The lowest BCUT2D eigenvalue weighted by molar-refractivity contribution is 0.0949. The van der Waals surface area contributed by atoms with Crippen LogP contribution in [-0.4, -0.2) is 30.5 Å². The largest absolute Gasteiger partial charge is 0.372 e. The van der Waals surface area contributed by atoms with Crippen LogP contribution in [0.25, 0.3) is 10.9 Å². The predicted molar refractivity (Wildman–Crippen MR) is 153 cm³/mol. The number of H-pyrrole nitrogens is 1. The lowest BCUT2D eigenvalue weighted by atomic mass is 10.0. The van der Waals surface area contributed by atoms with E-state index in [0.717, 1.165) is 55.2 Å². The number of hydrogen-bond acceptors (Lipinski definition) is 2. The summed E-state index contributed by atoms with van der Waals surface area (Å²) in [6.45, 7) is 6.85. The summed E-state index contributed by atoms with van der Waals surface area (Å²) in [5.74, 6) is -0.0299. The number of anilines is 1. The number of carbonyl (C=O) groups is 1. The summed E-state index contributed by atoms with van der Waals surface area (Å²) in [5.41, 5.74) is 5.31. The number of nitrogens with zero attached hydrogens (tertiary/aromatic N) is 1. The van der Waals surface area contributed by atoms with Crippen LogP contribution >= 0.6 is 11.6 Å². The summed E-state index contributed by atoms with van der Waals surface area (Å²) >= 11 is 6.30. The Morgan fingerprint density at radius 3 is 2.39 bits per heavy atom. The highest BCUT2D eigenvalue weighted by atomic mass is 35.5. The molecule has 1 fully saturated rings. The smallest absolute Gasteiger partial charge is 0.268 e. The summed E-state index contributed by atoms with van der Waals surface area (Å²) in [4.78, 5) is 19.0. The number of piperidine rings is 1. The number of fused-ring (bicyclic) bond motifs is 1. The van der Waals surface area contributed by atoms with Crippen molar-refractivity contribution in [3.8, 4) is 0 Å². The van der Waals surface area contributed by atoms with Crippen LogP contribution in [0.1, 0.15) is 85.8 Å². The Labute approximate surface area is 221 Å². The van der Waals surface area contributed by atoms with Gasteiger partial charge in [0.15, 0.2) is 0 Å². The van der Waals surface area contributed by atoms with E-state index in [0.29, 0.717) is 17.3 Å². The van der Waals surface area contributed by atoms with Crippen LogP contribution in [0.5, 0.6) is 0 Å². The van der Waals surface area contributed by atoms with Gasteiger partial charge in [-0.25, -0.2) is 0 Å². The van der Waals surface area contributed by atoms with Gasteiger partial charge in [0.1, 0.15) is 5.69 Å². The van der Waals surface area contributed by atoms with Crippen LogP contribution < -0.4 is 10.2 Å². The van der Waals surface area contributed by atoms with Crippen LogP contribution in [-0.2, 0) is 12.8 Å². The molecule has 36 heavy (non-hydrogen) atoms. The number of aromatic amines is 1. The van der Waals surface area contributed by atoms with E-state index in [2.05, 4.69) is 46.4 Å². The molecule has 2 aromatic carbocycles. The predicted octanol–water partition coefficient (Wildman–Crippen LogP) is 7.89. The summed E-state index contributed by atoms with van der Waals surface area (Å²) < 4.78 is 0. The number of aryl methyl sites for hydroxylation is 1. The third kappa shape index (κ3) is 7.29. The molecular formula is C31H41ClN3O. The molecule has 1 aliphatic rings. The molecule has 2 N–H and O–H groups in total. The Kier molecular flexibility index (Phi) is 10.2. The SMILES string of the molecule is [CH2]CCCCCCCCc1c(C(=O)NCCc2ccc(N3CCCCC3)cc2)[nH]c2ccc(Cl)cc12. The van der Waals surface area contributed by atoms with Crippen molar-refractivity contribution >= 4 is 34.1 Å². The minimum Gasteiger partial charge on any atom is -0.372 e. The molecule has 0 bridgehead atoms. The fraction of sp³-hybridized carbons (Fsp3) is 0.484. The first-order chi connectivity index (χ1) is 17.7. The van der Waals surface area contributed by atoms with Crippen molar-refractivity contribution < 1.29 is 4.79 Å². The van der Waals surface area contributed by atoms with Gasteiger partial charge >= 0.3 is 0 Å². The lowest BCUT2D eigenvalue weighted by Gasteiger charge is -2.28. The van der Waals surface area contributed by atoms with E-state index in [9.17, 15) is 4.79 Å². The molecule has 3 aromatic rings. The molecule has 5 heteroatoms. The first kappa shape index (κ1) is 26.6. The maximum atomic E-state index is 13.2. The number of halogens is 1. The number of benzene rings is 2. The van der Waals surface area contributed by atoms with Crippen molar-refractivity contribution in [2.24, 2.45) is 0 Å². The van der Waals surface area contributed by atoms with Crippen molar-refractivity contribution in [1.29, 1.82) is 0 Å². The molecule has 0 unspecified atom stereocenters. The van der Waals surface area contributed by atoms with Gasteiger partial charge in [-0.2, -0.15) is 0 Å². The van der Waals surface area contributed by atoms with Gasteiger partial charge < -0.3 is 15.2 Å². The number of carbonyl (C=O) groups excluding carboxylic acids is 1. The van der Waals surface area contributed by atoms with Crippen molar-refractivity contribution in [3.05, 3.63) is 71.2 Å². The zero-order chi connectivity index (χ0) is 25.2. The van der Waals surface area contributed by atoms with Crippen LogP contribution in [0.4, 0.5) is 5.69 Å². The second kappa shape index (κ2) is 13.7. The summed E-state index contributed by atoms with van der Waals surface area (Å²) in [7, 11) is 0. The topological polar surface area (TPSA) is 48.1 Å². The molecule has 1 aromatic heterocycles. The molecule has 1 radical (unpaired) electrons. The van der Waals surface area contributed by atoms with Gasteiger partial charge in [0.25, 0.3) is 5.91 Å². The highest BCUT2D eigenvalue weighted by molar-refractivity contribution is 6.31. The monoisotopic (exact) mass is 506 g/mol. The maximum absolute atomic E-state index is 13.2. The minimum absolute atomic E-state index is 0.0299. The fourth-order valence-corrected chi connectivity index (χ4v) is 5.47. The van der Waals surface area contributed by atoms with Gasteiger partial charge in [0.2, 0.25) is 0 Å². The van der Waals surface area contributed by atoms with Crippen molar-refractivity contribution in [2.75, 3.05) is 24.5 Å². The van der Waals surface area contributed by atoms with Crippen molar-refractivity contribution in [1.82, 2.24) is 10.3 Å². The number of nitrogens with one attached hydrogen (secondary N) is 2. The minimum atomic E-state index is -0.0299. The summed E-state index contributed by atoms with van der Waals surface area (Å²) in [5, 5.41) is 4.92. The van der Waals surface area contributed by atoms with Crippen LogP contribution in [0.15, 0.2) is 42.5 Å². The molecule has 1 amide bonds. The van der Waals surface area contributed by atoms with Gasteiger partial charge in [-0.15, -0.1) is 0 Å². The molecule has 1 aliphatic heterocycles. The van der Waals surface area contributed by atoms with E-state index in [-0.39, 0.29) is 5.91 Å². The van der Waals surface area contributed by atoms with E-state index in [4.69, 9.17) is 11.6 Å². The molecule has 1 saturated heterocycles. The number of aromatic nitrogens is 1. The van der Waals surface area contributed by atoms with E-state index in [1.54, 1.807) is 0 Å². The van der Waals surface area contributed by atoms with Gasteiger partial charge in [-0.1, -0.05) is 69.2 Å². The maximum Gasteiger partial charge on any atom is 0.268 e. The third-order valence-corrected chi connectivity index (χ3v) is 7.61. The zero-order valence-electron chi connectivity index (χ0n) is 21.6. The average Bonchev–Trinajstić information content (AvgIpc) is 3.26. The Morgan fingerprint density at radius 2 is 1.64 bits per heavy atom. The van der Waals surface area contributed by atoms with Gasteiger partial charge in [-0.3, -0.25) is 4.79 Å². The van der Waals surface area contributed by atoms with Crippen molar-refractivity contribution in [3.63, 3.8) is 0 Å². The summed E-state index contributed by atoms with van der Waals surface area (Å²) in [6, 6.07) is 14.7. The lowest BCUT2D eigenvalue weighted by Crippen LogP contribution is -2.29. The molecule has 4 rings (SSSR count). The first-order valence-corrected chi connectivity index (χ1v) is 14.2. The first-order valence-electron chi connectivity index (χ1n) is 13.9. The normalized spacial score (nSPS) is 13.9. The Morgan fingerprint density at radius 1 is 0.917 bits per heavy atom. The van der Waals surface area contributed by atoms with E-state index in [1.807, 2.05) is 18.2 Å². The Hall–Kier alpha value is -2.46. The molecule has 2 heterocycles. The molecule has 0 aliphatic carbocycles. The van der Waals surface area contributed by atoms with E-state index in [1.165, 1.54) is 62.6 Å². The number of unbranched alkanes of at least 4 members (excludes halogenated alkanes) is 6. The van der Waals surface area contributed by atoms with Crippen LogP contribution in [0.3, 0.4) is 0 Å². The number of rotatable bonds is 13. The van der Waals surface area contributed by atoms with Crippen molar-refractivity contribution in [2.45, 2.75) is 77.0 Å².